The first-order valence-corrected chi connectivity index (χ1v) is 8.19. The fraction of sp³-hybridized carbons (Fsp3) is 0.312. The van der Waals surface area contributed by atoms with E-state index in [1.807, 2.05) is 44.3 Å². The number of nitrogens with zero attached hydrogens (tertiary/aromatic N) is 2. The lowest BCUT2D eigenvalue weighted by molar-refractivity contribution is -0.116. The van der Waals surface area contributed by atoms with Gasteiger partial charge in [0.2, 0.25) is 5.91 Å². The fourth-order valence-corrected chi connectivity index (χ4v) is 3.45. The Morgan fingerprint density at radius 2 is 2.05 bits per heavy atom. The number of carbonyl (C=O) groups is 1. The molecule has 0 bridgehead atoms. The fourth-order valence-electron chi connectivity index (χ4n) is 2.76. The number of anilines is 1. The van der Waals surface area contributed by atoms with Gasteiger partial charge >= 0.3 is 0 Å². The molecule has 0 aliphatic carbocycles. The van der Waals surface area contributed by atoms with Gasteiger partial charge in [-0.1, -0.05) is 49.0 Å². The van der Waals surface area contributed by atoms with Crippen molar-refractivity contribution in [2.75, 3.05) is 11.1 Å². The minimum absolute atomic E-state index is 0.0741. The number of amides is 1. The molecule has 1 aromatic carbocycles. The van der Waals surface area contributed by atoms with E-state index in [-0.39, 0.29) is 23.8 Å². The average Bonchev–Trinajstić information content (AvgIpc) is 2.52. The number of thioether (sulfide) groups is 1. The summed E-state index contributed by atoms with van der Waals surface area (Å²) in [5, 5.41) is 3.46. The van der Waals surface area contributed by atoms with E-state index in [1.165, 1.54) is 11.8 Å². The van der Waals surface area contributed by atoms with Gasteiger partial charge in [0.05, 0.1) is 5.56 Å². The SMILES string of the molecule is CCSc1nc(=O)c2c(n1C)NC(=O)CC2c1ccccc1. The molecule has 0 fully saturated rings. The van der Waals surface area contributed by atoms with E-state index in [9.17, 15) is 9.59 Å². The summed E-state index contributed by atoms with van der Waals surface area (Å²) in [5.41, 5.74) is 1.29. The molecule has 0 saturated heterocycles. The molecule has 1 atom stereocenters. The van der Waals surface area contributed by atoms with Crippen LogP contribution in [0.2, 0.25) is 0 Å². The number of fused-ring (bicyclic) bond motifs is 1. The summed E-state index contributed by atoms with van der Waals surface area (Å²) in [6.07, 6.45) is 0.272. The number of carbonyl (C=O) groups excluding carboxylic acids is 1. The lowest BCUT2D eigenvalue weighted by Crippen LogP contribution is -2.33. The molecular formula is C16H17N3O2S. The van der Waals surface area contributed by atoms with E-state index in [0.29, 0.717) is 16.5 Å². The first kappa shape index (κ1) is 14.8. The summed E-state index contributed by atoms with van der Waals surface area (Å²) in [6.45, 7) is 2.00. The summed E-state index contributed by atoms with van der Waals surface area (Å²) >= 11 is 1.49. The van der Waals surface area contributed by atoms with Crippen LogP contribution >= 0.6 is 11.8 Å². The minimum Gasteiger partial charge on any atom is -0.312 e. The zero-order valence-electron chi connectivity index (χ0n) is 12.5. The molecule has 1 N–H and O–H groups in total. The van der Waals surface area contributed by atoms with Gasteiger partial charge < -0.3 is 9.88 Å². The van der Waals surface area contributed by atoms with Crippen LogP contribution in [0.15, 0.2) is 40.3 Å². The highest BCUT2D eigenvalue weighted by Gasteiger charge is 2.31. The Bertz CT molecular complexity index is 771. The van der Waals surface area contributed by atoms with Crippen LogP contribution in [0.4, 0.5) is 5.82 Å². The van der Waals surface area contributed by atoms with Gasteiger partial charge in [-0.25, -0.2) is 0 Å². The quantitative estimate of drug-likeness (QED) is 0.697. The number of benzene rings is 1. The van der Waals surface area contributed by atoms with Gasteiger partial charge in [-0.05, 0) is 11.3 Å². The molecule has 114 valence electrons. The van der Waals surface area contributed by atoms with Crippen LogP contribution in [0.1, 0.15) is 30.4 Å². The molecule has 6 heteroatoms. The number of hydrogen-bond donors (Lipinski definition) is 1. The lowest BCUT2D eigenvalue weighted by Gasteiger charge is -2.27. The Morgan fingerprint density at radius 1 is 1.32 bits per heavy atom. The summed E-state index contributed by atoms with van der Waals surface area (Å²) in [5.74, 6) is 1.07. The average molecular weight is 315 g/mol. The topological polar surface area (TPSA) is 64.0 Å². The van der Waals surface area contributed by atoms with E-state index in [1.54, 1.807) is 4.57 Å². The van der Waals surface area contributed by atoms with Gasteiger partial charge in [-0.2, -0.15) is 4.98 Å². The molecule has 0 spiro atoms. The zero-order valence-corrected chi connectivity index (χ0v) is 13.3. The largest absolute Gasteiger partial charge is 0.312 e. The molecule has 22 heavy (non-hydrogen) atoms. The summed E-state index contributed by atoms with van der Waals surface area (Å²) < 4.78 is 1.80. The van der Waals surface area contributed by atoms with Crippen molar-refractivity contribution in [2.45, 2.75) is 24.4 Å². The van der Waals surface area contributed by atoms with Crippen LogP contribution in [-0.2, 0) is 11.8 Å². The van der Waals surface area contributed by atoms with Crippen molar-refractivity contribution in [3.05, 3.63) is 51.8 Å². The van der Waals surface area contributed by atoms with E-state index in [0.717, 1.165) is 11.3 Å². The van der Waals surface area contributed by atoms with Crippen molar-refractivity contribution in [2.24, 2.45) is 7.05 Å². The number of hydrogen-bond acceptors (Lipinski definition) is 4. The second kappa shape index (κ2) is 5.96. The third-order valence-electron chi connectivity index (χ3n) is 3.78. The van der Waals surface area contributed by atoms with Crippen molar-refractivity contribution in [1.29, 1.82) is 0 Å². The number of rotatable bonds is 3. The zero-order chi connectivity index (χ0) is 15.7. The third-order valence-corrected chi connectivity index (χ3v) is 4.69. The molecule has 1 aliphatic heterocycles. The van der Waals surface area contributed by atoms with Crippen LogP contribution < -0.4 is 10.9 Å². The molecule has 1 aromatic heterocycles. The highest BCUT2D eigenvalue weighted by molar-refractivity contribution is 7.99. The first-order valence-electron chi connectivity index (χ1n) is 7.20. The van der Waals surface area contributed by atoms with Crippen LogP contribution in [0.5, 0.6) is 0 Å². The van der Waals surface area contributed by atoms with Gasteiger partial charge in [-0.15, -0.1) is 0 Å². The maximum Gasteiger partial charge on any atom is 0.279 e. The molecule has 5 nitrogen and oxygen atoms in total. The van der Waals surface area contributed by atoms with Gasteiger partial charge in [0.15, 0.2) is 5.16 Å². The molecule has 1 aliphatic rings. The van der Waals surface area contributed by atoms with Gasteiger partial charge in [0.25, 0.3) is 5.56 Å². The normalized spacial score (nSPS) is 17.0. The maximum absolute atomic E-state index is 12.5. The molecule has 2 heterocycles. The van der Waals surface area contributed by atoms with Gasteiger partial charge in [0, 0.05) is 19.4 Å². The smallest absolute Gasteiger partial charge is 0.279 e. The number of nitrogens with one attached hydrogen (secondary N) is 1. The Balaban J connectivity index is 2.20. The second-order valence-electron chi connectivity index (χ2n) is 5.17. The lowest BCUT2D eigenvalue weighted by atomic mass is 9.87. The predicted molar refractivity (Wildman–Crippen MR) is 87.4 cm³/mol. The van der Waals surface area contributed by atoms with E-state index in [4.69, 9.17) is 0 Å². The monoisotopic (exact) mass is 315 g/mol. The Morgan fingerprint density at radius 3 is 2.73 bits per heavy atom. The summed E-state index contributed by atoms with van der Waals surface area (Å²) in [7, 11) is 1.83. The maximum atomic E-state index is 12.5. The third kappa shape index (κ3) is 2.54. The van der Waals surface area contributed by atoms with Gasteiger partial charge in [0.1, 0.15) is 5.82 Å². The standard InChI is InChI=1S/C16H17N3O2S/c1-3-22-16-18-15(21)13-11(10-7-5-4-6-8-10)9-12(20)17-14(13)19(16)2/h4-8,11H,3,9H2,1-2H3,(H,17,20). The first-order chi connectivity index (χ1) is 10.6. The van der Waals surface area contributed by atoms with E-state index in [2.05, 4.69) is 10.3 Å². The van der Waals surface area contributed by atoms with Crippen molar-refractivity contribution in [3.8, 4) is 0 Å². The summed E-state index contributed by atoms with van der Waals surface area (Å²) in [4.78, 5) is 28.8. The Labute approximate surface area is 132 Å². The van der Waals surface area contributed by atoms with Crippen LogP contribution in [0.3, 0.4) is 0 Å². The molecule has 1 amide bonds. The molecule has 0 radical (unpaired) electrons. The second-order valence-corrected chi connectivity index (χ2v) is 6.40. The highest BCUT2D eigenvalue weighted by Crippen LogP contribution is 2.35. The highest BCUT2D eigenvalue weighted by atomic mass is 32.2. The minimum atomic E-state index is -0.252. The van der Waals surface area contributed by atoms with E-state index < -0.39 is 0 Å². The van der Waals surface area contributed by atoms with Crippen LogP contribution in [0.25, 0.3) is 0 Å². The Kier molecular flexibility index (Phi) is 4.02. The number of aromatic nitrogens is 2. The van der Waals surface area contributed by atoms with Crippen molar-refractivity contribution in [1.82, 2.24) is 9.55 Å². The van der Waals surface area contributed by atoms with Crippen molar-refractivity contribution < 1.29 is 4.79 Å². The summed E-state index contributed by atoms with van der Waals surface area (Å²) in [6, 6.07) is 9.65. The van der Waals surface area contributed by atoms with Gasteiger partial charge in [-0.3, -0.25) is 9.59 Å². The molecule has 1 unspecified atom stereocenters. The Hall–Kier alpha value is -2.08. The molecular weight excluding hydrogens is 298 g/mol. The van der Waals surface area contributed by atoms with E-state index >= 15 is 0 Å². The molecule has 3 rings (SSSR count). The molecule has 0 saturated carbocycles. The van der Waals surface area contributed by atoms with Crippen LogP contribution in [-0.4, -0.2) is 21.2 Å². The molecule has 2 aromatic rings. The van der Waals surface area contributed by atoms with Crippen molar-refractivity contribution >= 4 is 23.5 Å². The predicted octanol–water partition coefficient (Wildman–Crippen LogP) is 2.37. The van der Waals surface area contributed by atoms with Crippen LogP contribution in [0, 0.1) is 0 Å². The van der Waals surface area contributed by atoms with Crippen molar-refractivity contribution in [3.63, 3.8) is 0 Å².